The van der Waals surface area contributed by atoms with Crippen LogP contribution in [0.5, 0.6) is 0 Å². The Labute approximate surface area is 117 Å². The summed E-state index contributed by atoms with van der Waals surface area (Å²) in [5.41, 5.74) is 0.172. The van der Waals surface area contributed by atoms with Crippen molar-refractivity contribution in [2.75, 3.05) is 20.6 Å². The molecule has 1 saturated carbocycles. The minimum Gasteiger partial charge on any atom is -0.468 e. The summed E-state index contributed by atoms with van der Waals surface area (Å²) in [4.78, 5) is 2.42. The fourth-order valence-electron chi connectivity index (χ4n) is 3.71. The largest absolute Gasteiger partial charge is 0.468 e. The van der Waals surface area contributed by atoms with E-state index in [9.17, 15) is 0 Å². The SMILES string of the molecule is CCNC(c1ccco1)C1(N(C)C)CCCC(C)C1. The first-order valence-electron chi connectivity index (χ1n) is 7.54. The number of rotatable bonds is 5. The molecule has 108 valence electrons. The van der Waals surface area contributed by atoms with E-state index >= 15 is 0 Å². The second-order valence-electron chi connectivity index (χ2n) is 6.21. The van der Waals surface area contributed by atoms with Gasteiger partial charge in [0.2, 0.25) is 0 Å². The molecule has 1 aromatic heterocycles. The summed E-state index contributed by atoms with van der Waals surface area (Å²) in [6.07, 6.45) is 6.92. The standard InChI is InChI=1S/C16H28N2O/c1-5-17-15(14-9-7-11-19-14)16(18(3)4)10-6-8-13(2)12-16/h7,9,11,13,15,17H,5-6,8,10,12H2,1-4H3. The van der Waals surface area contributed by atoms with Gasteiger partial charge in [0.15, 0.2) is 0 Å². The molecule has 3 nitrogen and oxygen atoms in total. The quantitative estimate of drug-likeness (QED) is 0.883. The minimum atomic E-state index is 0.172. The fraction of sp³-hybridized carbons (Fsp3) is 0.750. The molecule has 3 unspecified atom stereocenters. The lowest BCUT2D eigenvalue weighted by Crippen LogP contribution is -2.56. The number of hydrogen-bond acceptors (Lipinski definition) is 3. The molecular formula is C16H28N2O. The van der Waals surface area contributed by atoms with Crippen LogP contribution in [0.15, 0.2) is 22.8 Å². The average Bonchev–Trinajstić information content (AvgIpc) is 2.89. The summed E-state index contributed by atoms with van der Waals surface area (Å²) >= 11 is 0. The molecule has 1 N–H and O–H groups in total. The lowest BCUT2D eigenvalue weighted by atomic mass is 9.70. The molecule has 1 fully saturated rings. The number of nitrogens with one attached hydrogen (secondary N) is 1. The van der Waals surface area contributed by atoms with Crippen LogP contribution >= 0.6 is 0 Å². The van der Waals surface area contributed by atoms with Crippen molar-refractivity contribution in [2.24, 2.45) is 5.92 Å². The summed E-state index contributed by atoms with van der Waals surface area (Å²) in [5.74, 6) is 1.86. The Morgan fingerprint density at radius 1 is 1.53 bits per heavy atom. The molecule has 3 heteroatoms. The minimum absolute atomic E-state index is 0.172. The Morgan fingerprint density at radius 2 is 2.32 bits per heavy atom. The number of furan rings is 1. The van der Waals surface area contributed by atoms with E-state index in [-0.39, 0.29) is 11.6 Å². The molecule has 0 aromatic carbocycles. The molecule has 1 aliphatic rings. The summed E-state index contributed by atoms with van der Waals surface area (Å²) < 4.78 is 5.72. The van der Waals surface area contributed by atoms with Crippen molar-refractivity contribution in [3.63, 3.8) is 0 Å². The van der Waals surface area contributed by atoms with Gasteiger partial charge in [0, 0.05) is 5.54 Å². The smallest absolute Gasteiger partial charge is 0.122 e. The predicted molar refractivity (Wildman–Crippen MR) is 79.2 cm³/mol. The van der Waals surface area contributed by atoms with E-state index in [2.05, 4.69) is 44.2 Å². The van der Waals surface area contributed by atoms with Gasteiger partial charge in [-0.2, -0.15) is 0 Å². The summed E-state index contributed by atoms with van der Waals surface area (Å²) in [6, 6.07) is 4.39. The maximum Gasteiger partial charge on any atom is 0.122 e. The Morgan fingerprint density at radius 3 is 2.84 bits per heavy atom. The lowest BCUT2D eigenvalue weighted by molar-refractivity contribution is 0.0298. The second-order valence-corrected chi connectivity index (χ2v) is 6.21. The van der Waals surface area contributed by atoms with Crippen molar-refractivity contribution >= 4 is 0 Å². The van der Waals surface area contributed by atoms with E-state index in [1.165, 1.54) is 25.7 Å². The van der Waals surface area contributed by atoms with Crippen LogP contribution < -0.4 is 5.32 Å². The summed E-state index contributed by atoms with van der Waals surface area (Å²) in [6.45, 7) is 5.52. The molecule has 0 bridgehead atoms. The molecule has 0 radical (unpaired) electrons. The van der Waals surface area contributed by atoms with Gasteiger partial charge in [-0.25, -0.2) is 0 Å². The molecule has 0 amide bonds. The highest BCUT2D eigenvalue weighted by Gasteiger charge is 2.45. The van der Waals surface area contributed by atoms with Crippen molar-refractivity contribution in [2.45, 2.75) is 51.1 Å². The molecule has 1 aliphatic carbocycles. The van der Waals surface area contributed by atoms with Crippen LogP contribution in [0, 0.1) is 5.92 Å². The van der Waals surface area contributed by atoms with E-state index in [1.54, 1.807) is 6.26 Å². The first kappa shape index (κ1) is 14.6. The maximum atomic E-state index is 5.72. The molecule has 1 heterocycles. The molecule has 19 heavy (non-hydrogen) atoms. The zero-order valence-corrected chi connectivity index (χ0v) is 12.8. The van der Waals surface area contributed by atoms with E-state index in [4.69, 9.17) is 4.42 Å². The van der Waals surface area contributed by atoms with Crippen molar-refractivity contribution in [3.8, 4) is 0 Å². The van der Waals surface area contributed by atoms with Gasteiger partial charge < -0.3 is 14.6 Å². The summed E-state index contributed by atoms with van der Waals surface area (Å²) in [7, 11) is 4.43. The van der Waals surface area contributed by atoms with E-state index < -0.39 is 0 Å². The molecule has 0 aliphatic heterocycles. The first-order valence-corrected chi connectivity index (χ1v) is 7.54. The molecule has 1 aromatic rings. The van der Waals surface area contributed by atoms with Crippen LogP contribution in [0.4, 0.5) is 0 Å². The van der Waals surface area contributed by atoms with Crippen LogP contribution in [0.2, 0.25) is 0 Å². The topological polar surface area (TPSA) is 28.4 Å². The van der Waals surface area contributed by atoms with Crippen molar-refractivity contribution in [1.82, 2.24) is 10.2 Å². The maximum absolute atomic E-state index is 5.72. The highest BCUT2D eigenvalue weighted by molar-refractivity contribution is 5.14. The third kappa shape index (κ3) is 2.87. The molecule has 0 spiro atoms. The zero-order chi connectivity index (χ0) is 13.9. The second kappa shape index (κ2) is 6.10. The number of nitrogens with zero attached hydrogens (tertiary/aromatic N) is 1. The molecular weight excluding hydrogens is 236 g/mol. The Bertz CT molecular complexity index is 374. The van der Waals surface area contributed by atoms with Gasteiger partial charge in [-0.15, -0.1) is 0 Å². The van der Waals surface area contributed by atoms with E-state index in [0.717, 1.165) is 18.2 Å². The van der Waals surface area contributed by atoms with E-state index in [0.29, 0.717) is 0 Å². The Hall–Kier alpha value is -0.800. The van der Waals surface area contributed by atoms with Crippen LogP contribution in [0.1, 0.15) is 51.3 Å². The van der Waals surface area contributed by atoms with E-state index in [1.807, 2.05) is 6.07 Å². The van der Waals surface area contributed by atoms with Gasteiger partial charge >= 0.3 is 0 Å². The highest BCUT2D eigenvalue weighted by atomic mass is 16.3. The lowest BCUT2D eigenvalue weighted by Gasteiger charge is -2.49. The van der Waals surface area contributed by atoms with Gasteiger partial charge in [0.25, 0.3) is 0 Å². The van der Waals surface area contributed by atoms with Crippen LogP contribution in [-0.4, -0.2) is 31.1 Å². The first-order chi connectivity index (χ1) is 9.10. The molecule has 3 atom stereocenters. The number of hydrogen-bond donors (Lipinski definition) is 1. The number of likely N-dealkylation sites (N-methyl/N-ethyl adjacent to an activating group) is 2. The van der Waals surface area contributed by atoms with Gasteiger partial charge in [0.05, 0.1) is 12.3 Å². The molecule has 2 rings (SSSR count). The molecule has 0 saturated heterocycles. The zero-order valence-electron chi connectivity index (χ0n) is 12.8. The average molecular weight is 264 g/mol. The van der Waals surface area contributed by atoms with Crippen LogP contribution in [0.25, 0.3) is 0 Å². The fourth-order valence-corrected chi connectivity index (χ4v) is 3.71. The van der Waals surface area contributed by atoms with Crippen LogP contribution in [0.3, 0.4) is 0 Å². The predicted octanol–water partition coefficient (Wildman–Crippen LogP) is 3.44. The third-order valence-electron chi connectivity index (χ3n) is 4.67. The van der Waals surface area contributed by atoms with Crippen molar-refractivity contribution < 1.29 is 4.42 Å². The highest BCUT2D eigenvalue weighted by Crippen LogP contribution is 2.44. The van der Waals surface area contributed by atoms with Gasteiger partial charge in [0.1, 0.15) is 5.76 Å². The van der Waals surface area contributed by atoms with Gasteiger partial charge in [-0.3, -0.25) is 0 Å². The Kier molecular flexibility index (Phi) is 4.69. The van der Waals surface area contributed by atoms with Crippen molar-refractivity contribution in [3.05, 3.63) is 24.2 Å². The normalized spacial score (nSPS) is 29.6. The van der Waals surface area contributed by atoms with Crippen molar-refractivity contribution in [1.29, 1.82) is 0 Å². The Balaban J connectivity index is 2.34. The third-order valence-corrected chi connectivity index (χ3v) is 4.67. The van der Waals surface area contributed by atoms with Gasteiger partial charge in [-0.05, 0) is 51.5 Å². The summed E-state index contributed by atoms with van der Waals surface area (Å²) in [5, 5.41) is 3.66. The monoisotopic (exact) mass is 264 g/mol. The van der Waals surface area contributed by atoms with Gasteiger partial charge in [-0.1, -0.05) is 26.7 Å². The van der Waals surface area contributed by atoms with Crippen LogP contribution in [-0.2, 0) is 0 Å².